The number of carbonyl (C=O) groups excluding carboxylic acids is 1. The third kappa shape index (κ3) is 4.80. The van der Waals surface area contributed by atoms with E-state index in [-0.39, 0.29) is 24.6 Å². The minimum absolute atomic E-state index is 0.0213. The van der Waals surface area contributed by atoms with Crippen LogP contribution in [0.25, 0.3) is 0 Å². The highest BCUT2D eigenvalue weighted by Crippen LogP contribution is 2.25. The second kappa shape index (κ2) is 8.96. The number of halogens is 1. The molecule has 0 aliphatic heterocycles. The highest BCUT2D eigenvalue weighted by atomic mass is 19.1. The Morgan fingerprint density at radius 1 is 1.27 bits per heavy atom. The summed E-state index contributed by atoms with van der Waals surface area (Å²) in [7, 11) is 1.44. The fraction of sp³-hybridized carbons (Fsp3) is 0.263. The highest BCUT2D eigenvalue weighted by Gasteiger charge is 2.24. The fourth-order valence-electron chi connectivity index (χ4n) is 2.40. The molecule has 0 unspecified atom stereocenters. The van der Waals surface area contributed by atoms with Gasteiger partial charge in [0.05, 0.1) is 7.11 Å². The van der Waals surface area contributed by atoms with Gasteiger partial charge in [0.2, 0.25) is 0 Å². The monoisotopic (exact) mass is 359 g/mol. The Morgan fingerprint density at radius 2 is 1.96 bits per heavy atom. The minimum atomic E-state index is -1.05. The second-order valence-corrected chi connectivity index (χ2v) is 5.55. The lowest BCUT2D eigenvalue weighted by molar-refractivity contribution is -0.133. The van der Waals surface area contributed by atoms with E-state index in [2.05, 4.69) is 5.32 Å². The van der Waals surface area contributed by atoms with Crippen molar-refractivity contribution in [1.29, 1.82) is 5.41 Å². The number of ether oxygens (including phenoxy) is 2. The van der Waals surface area contributed by atoms with Gasteiger partial charge in [0.25, 0.3) is 5.91 Å². The number of amides is 1. The first-order chi connectivity index (χ1) is 12.5. The molecule has 0 bridgehead atoms. The van der Waals surface area contributed by atoms with Crippen LogP contribution >= 0.6 is 0 Å². The first kappa shape index (κ1) is 19.4. The summed E-state index contributed by atoms with van der Waals surface area (Å²) >= 11 is 0. The van der Waals surface area contributed by atoms with Gasteiger partial charge in [-0.2, -0.15) is 0 Å². The van der Waals surface area contributed by atoms with Gasteiger partial charge in [-0.15, -0.1) is 0 Å². The van der Waals surface area contributed by atoms with Gasteiger partial charge >= 0.3 is 0 Å². The third-order valence-electron chi connectivity index (χ3n) is 3.79. The molecule has 6 nitrogen and oxygen atoms in total. The molecule has 0 saturated carbocycles. The van der Waals surface area contributed by atoms with Gasteiger partial charge in [0, 0.05) is 30.3 Å². The van der Waals surface area contributed by atoms with Crippen LogP contribution in [0, 0.1) is 11.2 Å². The molecule has 2 aromatic carbocycles. The van der Waals surface area contributed by atoms with Crippen molar-refractivity contribution in [2.75, 3.05) is 13.7 Å². The Kier molecular flexibility index (Phi) is 6.68. The molecule has 1 atom stereocenters. The molecule has 0 saturated heterocycles. The van der Waals surface area contributed by atoms with E-state index in [1.165, 1.54) is 19.2 Å². The molecule has 0 fully saturated rings. The molecule has 0 aromatic heterocycles. The van der Waals surface area contributed by atoms with Gasteiger partial charge in [0.15, 0.2) is 6.10 Å². The number of benzene rings is 2. The average Bonchev–Trinajstić information content (AvgIpc) is 2.64. The normalized spacial score (nSPS) is 11.7. The standard InChI is InChI=1S/C19H22FN3O3/c1-3-26-17(15-9-8-14(25-2)10-16(15)20)19(24)23-11-12-4-6-13(7-5-12)18(21)22/h4-10,17H,3,11H2,1-2H3,(H3,21,22)(H,23,24)/t17-/m0/s1. The Labute approximate surface area is 151 Å². The maximum Gasteiger partial charge on any atom is 0.254 e. The fourth-order valence-corrected chi connectivity index (χ4v) is 2.40. The number of amidine groups is 1. The quantitative estimate of drug-likeness (QED) is 0.498. The van der Waals surface area contributed by atoms with Crippen molar-refractivity contribution in [3.8, 4) is 5.75 Å². The van der Waals surface area contributed by atoms with Gasteiger partial charge in [-0.05, 0) is 24.6 Å². The first-order valence-electron chi connectivity index (χ1n) is 8.12. The zero-order chi connectivity index (χ0) is 19.1. The molecule has 2 rings (SSSR count). The summed E-state index contributed by atoms with van der Waals surface area (Å²) in [5, 5.41) is 10.1. The van der Waals surface area contributed by atoms with E-state index in [1.54, 1.807) is 37.3 Å². The van der Waals surface area contributed by atoms with Crippen LogP contribution in [0.4, 0.5) is 4.39 Å². The van der Waals surface area contributed by atoms with Crippen LogP contribution in [0.3, 0.4) is 0 Å². The molecule has 0 spiro atoms. The molecule has 0 aliphatic carbocycles. The van der Waals surface area contributed by atoms with E-state index >= 15 is 0 Å². The lowest BCUT2D eigenvalue weighted by atomic mass is 10.1. The van der Waals surface area contributed by atoms with Gasteiger partial charge < -0.3 is 20.5 Å². The lowest BCUT2D eigenvalue weighted by Gasteiger charge is -2.18. The number of rotatable bonds is 8. The highest BCUT2D eigenvalue weighted by molar-refractivity contribution is 5.94. The number of nitrogens with two attached hydrogens (primary N) is 1. The SMILES string of the molecule is CCO[C@H](C(=O)NCc1ccc(C(=N)N)cc1)c1ccc(OC)cc1F. The Hall–Kier alpha value is -2.93. The summed E-state index contributed by atoms with van der Waals surface area (Å²) in [6.45, 7) is 2.25. The summed E-state index contributed by atoms with van der Waals surface area (Å²) in [5.41, 5.74) is 6.99. The number of carbonyl (C=O) groups is 1. The van der Waals surface area contributed by atoms with Crippen LogP contribution < -0.4 is 15.8 Å². The molecule has 2 aromatic rings. The lowest BCUT2D eigenvalue weighted by Crippen LogP contribution is -2.31. The van der Waals surface area contributed by atoms with Crippen molar-refractivity contribution in [3.63, 3.8) is 0 Å². The zero-order valence-electron chi connectivity index (χ0n) is 14.7. The van der Waals surface area contributed by atoms with Crippen molar-refractivity contribution < 1.29 is 18.7 Å². The van der Waals surface area contributed by atoms with E-state index in [9.17, 15) is 9.18 Å². The van der Waals surface area contributed by atoms with Gasteiger partial charge in [-0.3, -0.25) is 10.2 Å². The molecule has 0 heterocycles. The van der Waals surface area contributed by atoms with Crippen LogP contribution in [-0.4, -0.2) is 25.5 Å². The number of hydrogen-bond donors (Lipinski definition) is 3. The third-order valence-corrected chi connectivity index (χ3v) is 3.79. The summed E-state index contributed by atoms with van der Waals surface area (Å²) < 4.78 is 24.7. The molecule has 0 aliphatic rings. The summed E-state index contributed by atoms with van der Waals surface area (Å²) in [4.78, 5) is 12.5. The van der Waals surface area contributed by atoms with E-state index in [0.717, 1.165) is 5.56 Å². The smallest absolute Gasteiger partial charge is 0.254 e. The number of nitrogen functional groups attached to an aromatic ring is 1. The van der Waals surface area contributed by atoms with Gasteiger partial charge in [0.1, 0.15) is 17.4 Å². The Morgan fingerprint density at radius 3 is 2.50 bits per heavy atom. The Balaban J connectivity index is 2.09. The number of methoxy groups -OCH3 is 1. The van der Waals surface area contributed by atoms with Crippen molar-refractivity contribution in [1.82, 2.24) is 5.32 Å². The summed E-state index contributed by atoms with van der Waals surface area (Å²) in [6, 6.07) is 11.2. The van der Waals surface area contributed by atoms with Crippen molar-refractivity contribution >= 4 is 11.7 Å². The Bertz CT molecular complexity index is 778. The maximum atomic E-state index is 14.3. The molecule has 26 heavy (non-hydrogen) atoms. The van der Waals surface area contributed by atoms with Crippen LogP contribution in [0.15, 0.2) is 42.5 Å². The van der Waals surface area contributed by atoms with Crippen molar-refractivity contribution in [3.05, 3.63) is 65.0 Å². The average molecular weight is 359 g/mol. The summed E-state index contributed by atoms with van der Waals surface area (Å²) in [5.74, 6) is -0.658. The molecule has 4 N–H and O–H groups in total. The molecule has 7 heteroatoms. The van der Waals surface area contributed by atoms with Gasteiger partial charge in [-0.1, -0.05) is 24.3 Å². The van der Waals surface area contributed by atoms with Crippen molar-refractivity contribution in [2.45, 2.75) is 19.6 Å². The zero-order valence-corrected chi connectivity index (χ0v) is 14.7. The van der Waals surface area contributed by atoms with Crippen LogP contribution in [0.2, 0.25) is 0 Å². The molecule has 0 radical (unpaired) electrons. The predicted octanol–water partition coefficient (Wildman–Crippen LogP) is 2.51. The predicted molar refractivity (Wildman–Crippen MR) is 96.6 cm³/mol. The number of nitrogens with one attached hydrogen (secondary N) is 2. The molecule has 1 amide bonds. The van der Waals surface area contributed by atoms with Crippen LogP contribution in [-0.2, 0) is 16.1 Å². The topological polar surface area (TPSA) is 97.4 Å². The van der Waals surface area contributed by atoms with E-state index in [4.69, 9.17) is 20.6 Å². The van der Waals surface area contributed by atoms with E-state index < -0.39 is 17.8 Å². The molecule has 138 valence electrons. The maximum absolute atomic E-state index is 14.3. The summed E-state index contributed by atoms with van der Waals surface area (Å²) in [6.07, 6.45) is -1.05. The minimum Gasteiger partial charge on any atom is -0.497 e. The largest absolute Gasteiger partial charge is 0.497 e. The molecular weight excluding hydrogens is 337 g/mol. The first-order valence-corrected chi connectivity index (χ1v) is 8.12. The number of hydrogen-bond acceptors (Lipinski definition) is 4. The van der Waals surface area contributed by atoms with E-state index in [1.807, 2.05) is 0 Å². The second-order valence-electron chi connectivity index (χ2n) is 5.55. The molecular formula is C19H22FN3O3. The van der Waals surface area contributed by atoms with Crippen LogP contribution in [0.1, 0.15) is 29.7 Å². The van der Waals surface area contributed by atoms with E-state index in [0.29, 0.717) is 11.3 Å². The van der Waals surface area contributed by atoms with Crippen LogP contribution in [0.5, 0.6) is 5.75 Å². The van der Waals surface area contributed by atoms with Crippen molar-refractivity contribution in [2.24, 2.45) is 5.73 Å². The van der Waals surface area contributed by atoms with Gasteiger partial charge in [-0.25, -0.2) is 4.39 Å².